The summed E-state index contributed by atoms with van der Waals surface area (Å²) >= 11 is 2.84. The van der Waals surface area contributed by atoms with Crippen LogP contribution in [0.3, 0.4) is 0 Å². The number of carbonyl (C=O) groups is 3. The molecule has 8 nitrogen and oxygen atoms in total. The Hall–Kier alpha value is -1.42. The van der Waals surface area contributed by atoms with Crippen LogP contribution in [-0.4, -0.2) is 63.2 Å². The fraction of sp³-hybridized carbons (Fsp3) is 0.800. The van der Waals surface area contributed by atoms with Crippen LogP contribution in [0.2, 0.25) is 0 Å². The molecule has 173 valence electrons. The minimum Gasteiger partial charge on any atom is -0.444 e. The van der Waals surface area contributed by atoms with Crippen molar-refractivity contribution >= 4 is 47.9 Å². The van der Waals surface area contributed by atoms with Crippen LogP contribution in [0.4, 0.5) is 9.59 Å². The maximum absolute atomic E-state index is 13.0. The highest BCUT2D eigenvalue weighted by Crippen LogP contribution is 2.31. The summed E-state index contributed by atoms with van der Waals surface area (Å²) in [6.07, 6.45) is 3.81. The molecule has 0 aliphatic heterocycles. The lowest BCUT2D eigenvalue weighted by atomic mass is 10.1. The lowest BCUT2D eigenvalue weighted by Crippen LogP contribution is -2.67. The SMILES string of the molecule is CCCC(=O)N(C(=O)OC(C)(C)C)[C@]([C]=O)(CC(SC)SC)NC(=O)OC(C)(C)C. The van der Waals surface area contributed by atoms with Gasteiger partial charge in [0.2, 0.25) is 12.2 Å². The molecule has 0 spiro atoms. The van der Waals surface area contributed by atoms with Gasteiger partial charge >= 0.3 is 12.2 Å². The zero-order chi connectivity index (χ0) is 23.8. The average molecular weight is 464 g/mol. The monoisotopic (exact) mass is 463 g/mol. The number of hydrogen-bond acceptors (Lipinski definition) is 8. The van der Waals surface area contributed by atoms with Crippen LogP contribution in [-0.2, 0) is 19.1 Å². The molecule has 0 aliphatic carbocycles. The lowest BCUT2D eigenvalue weighted by Gasteiger charge is -2.40. The first-order valence-electron chi connectivity index (χ1n) is 9.66. The van der Waals surface area contributed by atoms with Crippen LogP contribution in [0.15, 0.2) is 0 Å². The van der Waals surface area contributed by atoms with Crippen LogP contribution in [0.1, 0.15) is 67.7 Å². The van der Waals surface area contributed by atoms with Gasteiger partial charge < -0.3 is 9.47 Å². The number of amides is 3. The first-order chi connectivity index (χ1) is 13.6. The Morgan fingerprint density at radius 2 is 1.50 bits per heavy atom. The molecule has 0 bridgehead atoms. The Morgan fingerprint density at radius 3 is 1.87 bits per heavy atom. The molecule has 1 atom stereocenters. The van der Waals surface area contributed by atoms with E-state index in [0.29, 0.717) is 11.3 Å². The zero-order valence-electron chi connectivity index (χ0n) is 19.4. The summed E-state index contributed by atoms with van der Waals surface area (Å²) in [7, 11) is 0. The molecule has 10 heteroatoms. The van der Waals surface area contributed by atoms with Crippen molar-refractivity contribution in [2.75, 3.05) is 12.5 Å². The molecule has 3 amide bonds. The predicted octanol–water partition coefficient (Wildman–Crippen LogP) is 4.32. The minimum atomic E-state index is -2.08. The molecule has 1 N–H and O–H groups in total. The number of thioether (sulfide) groups is 2. The zero-order valence-corrected chi connectivity index (χ0v) is 21.0. The van der Waals surface area contributed by atoms with E-state index in [1.54, 1.807) is 54.8 Å². The first-order valence-corrected chi connectivity index (χ1v) is 12.2. The van der Waals surface area contributed by atoms with E-state index in [2.05, 4.69) is 5.32 Å². The molecular formula is C20H35N2O6S2. The summed E-state index contributed by atoms with van der Waals surface area (Å²) in [6, 6.07) is 0. The third-order valence-corrected chi connectivity index (χ3v) is 6.08. The summed E-state index contributed by atoms with van der Waals surface area (Å²) < 4.78 is 10.4. The van der Waals surface area contributed by atoms with E-state index in [-0.39, 0.29) is 17.4 Å². The van der Waals surface area contributed by atoms with E-state index < -0.39 is 35.0 Å². The Bertz CT molecular complexity index is 611. The van der Waals surface area contributed by atoms with E-state index in [4.69, 9.17) is 9.47 Å². The van der Waals surface area contributed by atoms with Gasteiger partial charge in [0.1, 0.15) is 11.2 Å². The largest absolute Gasteiger partial charge is 0.444 e. The number of nitrogens with one attached hydrogen (secondary N) is 1. The van der Waals surface area contributed by atoms with Crippen molar-refractivity contribution in [2.45, 2.75) is 89.2 Å². The van der Waals surface area contributed by atoms with E-state index in [0.717, 1.165) is 0 Å². The van der Waals surface area contributed by atoms with Gasteiger partial charge in [-0.05, 0) is 60.5 Å². The molecule has 0 aromatic carbocycles. The Balaban J connectivity index is 6.40. The van der Waals surface area contributed by atoms with Gasteiger partial charge in [0.15, 0.2) is 5.66 Å². The van der Waals surface area contributed by atoms with E-state index >= 15 is 0 Å². The van der Waals surface area contributed by atoms with Gasteiger partial charge in [-0.3, -0.25) is 14.9 Å². The lowest BCUT2D eigenvalue weighted by molar-refractivity contribution is -0.135. The number of rotatable bonds is 9. The summed E-state index contributed by atoms with van der Waals surface area (Å²) in [5.74, 6) is -0.646. The molecule has 0 unspecified atom stereocenters. The topological polar surface area (TPSA) is 102 Å². The molecule has 0 aromatic heterocycles. The van der Waals surface area contributed by atoms with Crippen LogP contribution in [0.25, 0.3) is 0 Å². The van der Waals surface area contributed by atoms with Crippen molar-refractivity contribution in [1.82, 2.24) is 10.2 Å². The molecule has 30 heavy (non-hydrogen) atoms. The van der Waals surface area contributed by atoms with Crippen molar-refractivity contribution in [3.63, 3.8) is 0 Å². The fourth-order valence-corrected chi connectivity index (χ4v) is 3.98. The average Bonchev–Trinajstić information content (AvgIpc) is 2.56. The maximum Gasteiger partial charge on any atom is 0.419 e. The van der Waals surface area contributed by atoms with Gasteiger partial charge in [-0.1, -0.05) is 6.92 Å². The van der Waals surface area contributed by atoms with Gasteiger partial charge in [0.05, 0.1) is 4.58 Å². The van der Waals surface area contributed by atoms with Gasteiger partial charge in [-0.25, -0.2) is 14.5 Å². The van der Waals surface area contributed by atoms with Crippen LogP contribution < -0.4 is 5.32 Å². The molecule has 0 fully saturated rings. The third-order valence-electron chi connectivity index (χ3n) is 3.54. The van der Waals surface area contributed by atoms with Gasteiger partial charge in [-0.2, -0.15) is 23.5 Å². The second-order valence-corrected chi connectivity index (χ2v) is 11.0. The van der Waals surface area contributed by atoms with Crippen molar-refractivity contribution < 1.29 is 28.7 Å². The first kappa shape index (κ1) is 28.6. The van der Waals surface area contributed by atoms with Gasteiger partial charge in [-0.15, -0.1) is 0 Å². The van der Waals surface area contributed by atoms with Crippen molar-refractivity contribution in [1.29, 1.82) is 0 Å². The maximum atomic E-state index is 13.0. The Labute approximate surface area is 188 Å². The number of carbonyl (C=O) groups excluding carboxylic acids is 4. The second-order valence-electron chi connectivity index (χ2n) is 8.65. The number of imide groups is 1. The minimum absolute atomic E-state index is 0.0120. The van der Waals surface area contributed by atoms with E-state index in [1.165, 1.54) is 23.5 Å². The molecule has 0 aliphatic rings. The number of hydrogen-bond donors (Lipinski definition) is 1. The molecular weight excluding hydrogens is 428 g/mol. The molecule has 0 heterocycles. The van der Waals surface area contributed by atoms with Crippen molar-refractivity contribution in [2.24, 2.45) is 0 Å². The normalized spacial score (nSPS) is 13.9. The highest BCUT2D eigenvalue weighted by Gasteiger charge is 2.49. The van der Waals surface area contributed by atoms with E-state index in [1.807, 2.05) is 12.5 Å². The quantitative estimate of drug-likeness (QED) is 0.504. The number of ether oxygens (including phenoxy) is 2. The molecule has 0 rings (SSSR count). The Morgan fingerprint density at radius 1 is 1.00 bits per heavy atom. The predicted molar refractivity (Wildman–Crippen MR) is 121 cm³/mol. The number of alkyl carbamates (subject to hydrolysis) is 1. The summed E-state index contributed by atoms with van der Waals surface area (Å²) in [5.41, 5.74) is -3.84. The van der Waals surface area contributed by atoms with Gasteiger partial charge in [0.25, 0.3) is 0 Å². The molecule has 1 radical (unpaired) electrons. The van der Waals surface area contributed by atoms with Crippen molar-refractivity contribution in [3.8, 4) is 0 Å². The van der Waals surface area contributed by atoms with E-state index in [9.17, 15) is 19.2 Å². The molecule has 0 saturated carbocycles. The summed E-state index contributed by atoms with van der Waals surface area (Å²) in [4.78, 5) is 51.5. The van der Waals surface area contributed by atoms with Crippen molar-refractivity contribution in [3.05, 3.63) is 0 Å². The molecule has 0 saturated heterocycles. The fourth-order valence-electron chi connectivity index (χ4n) is 2.39. The summed E-state index contributed by atoms with van der Waals surface area (Å²) in [5, 5.41) is 2.43. The third kappa shape index (κ3) is 9.59. The Kier molecular flexibility index (Phi) is 11.3. The smallest absolute Gasteiger partial charge is 0.419 e. The van der Waals surface area contributed by atoms with Crippen LogP contribution >= 0.6 is 23.5 Å². The molecule has 0 aromatic rings. The highest BCUT2D eigenvalue weighted by molar-refractivity contribution is 8.16. The second kappa shape index (κ2) is 11.8. The van der Waals surface area contributed by atoms with Gasteiger partial charge in [0, 0.05) is 12.8 Å². The number of nitrogens with zero attached hydrogens (tertiary/aromatic N) is 1. The van der Waals surface area contributed by atoms with Crippen LogP contribution in [0.5, 0.6) is 0 Å². The standard InChI is InChI=1S/C20H35N2O6S2/c1-10-11-14(24)22(17(26)28-19(5,6)7)20(13-23,12-15(29-8)30-9)21-16(25)27-18(2,3)4/h15H,10-12H2,1-9H3,(H,21,25)/t20-/m0/s1. The van der Waals surface area contributed by atoms with Crippen LogP contribution in [0, 0.1) is 0 Å². The highest BCUT2D eigenvalue weighted by atomic mass is 32.2. The summed E-state index contributed by atoms with van der Waals surface area (Å²) in [6.45, 7) is 11.7.